The molecule has 3 atom stereocenters. The fourth-order valence-corrected chi connectivity index (χ4v) is 5.24. The second-order valence-corrected chi connectivity index (χ2v) is 9.71. The zero-order valence-corrected chi connectivity index (χ0v) is 19.5. The van der Waals surface area contributed by atoms with Crippen molar-refractivity contribution in [3.63, 3.8) is 0 Å². The third-order valence-corrected chi connectivity index (χ3v) is 7.22. The minimum atomic E-state index is -4.60. The third kappa shape index (κ3) is 5.46. The third-order valence-electron chi connectivity index (χ3n) is 6.02. The number of allylic oxidation sites excluding steroid dienone is 2. The van der Waals surface area contributed by atoms with Crippen LogP contribution in [0.5, 0.6) is 0 Å². The first-order chi connectivity index (χ1) is 17.0. The second-order valence-electron chi connectivity index (χ2n) is 8.43. The van der Waals surface area contributed by atoms with Crippen molar-refractivity contribution in [2.45, 2.75) is 35.6 Å². The number of aliphatic carboxylic acids is 1. The summed E-state index contributed by atoms with van der Waals surface area (Å²) in [4.78, 5) is 50.8. The molecule has 0 bridgehead atoms. The standard InChI is InChI=1S/C25H21F3N2O5S/c26-25(27,28)14-4-3-5-16(12-14)30-21(31)13-20(23(30)33)36-17-10-8-15(9-11-17)29-22(32)18-6-1-2-7-19(18)24(34)35/h1-5,8-12,18-20H,6-7,13H2,(H,29,32)(H,34,35)/t18-,19+,20+/m0/s1. The molecule has 0 spiro atoms. The number of halogens is 3. The Morgan fingerprint density at radius 1 is 1.00 bits per heavy atom. The molecule has 1 heterocycles. The molecule has 3 amide bonds. The van der Waals surface area contributed by atoms with Crippen molar-refractivity contribution in [2.24, 2.45) is 11.8 Å². The predicted molar refractivity (Wildman–Crippen MR) is 126 cm³/mol. The van der Waals surface area contributed by atoms with Crippen molar-refractivity contribution in [1.82, 2.24) is 0 Å². The van der Waals surface area contributed by atoms with E-state index in [2.05, 4.69) is 5.32 Å². The molecule has 0 saturated carbocycles. The minimum absolute atomic E-state index is 0.127. The van der Waals surface area contributed by atoms with Crippen molar-refractivity contribution in [2.75, 3.05) is 10.2 Å². The highest BCUT2D eigenvalue weighted by Crippen LogP contribution is 2.37. The topological polar surface area (TPSA) is 104 Å². The van der Waals surface area contributed by atoms with Gasteiger partial charge in [0, 0.05) is 17.0 Å². The minimum Gasteiger partial charge on any atom is -0.481 e. The molecule has 1 aliphatic carbocycles. The quantitative estimate of drug-likeness (QED) is 0.423. The van der Waals surface area contributed by atoms with Gasteiger partial charge in [0.25, 0.3) is 0 Å². The van der Waals surface area contributed by atoms with E-state index >= 15 is 0 Å². The largest absolute Gasteiger partial charge is 0.481 e. The number of nitrogens with one attached hydrogen (secondary N) is 1. The molecule has 1 aliphatic heterocycles. The van der Waals surface area contributed by atoms with Gasteiger partial charge in [-0.15, -0.1) is 11.8 Å². The van der Waals surface area contributed by atoms with Gasteiger partial charge in [-0.3, -0.25) is 19.2 Å². The molecule has 4 rings (SSSR count). The lowest BCUT2D eigenvalue weighted by Crippen LogP contribution is -2.34. The number of benzene rings is 2. The van der Waals surface area contributed by atoms with Crippen LogP contribution in [0.15, 0.2) is 65.6 Å². The highest BCUT2D eigenvalue weighted by molar-refractivity contribution is 8.00. The molecule has 188 valence electrons. The highest BCUT2D eigenvalue weighted by Gasteiger charge is 2.41. The van der Waals surface area contributed by atoms with Crippen LogP contribution in [0.3, 0.4) is 0 Å². The number of amides is 3. The number of hydrogen-bond acceptors (Lipinski definition) is 5. The molecule has 11 heteroatoms. The Labute approximate surface area is 208 Å². The summed E-state index contributed by atoms with van der Waals surface area (Å²) in [5, 5.41) is 11.3. The van der Waals surface area contributed by atoms with Gasteiger partial charge in [-0.25, -0.2) is 4.90 Å². The Bertz CT molecular complexity index is 1230. The van der Waals surface area contributed by atoms with Gasteiger partial charge >= 0.3 is 12.1 Å². The normalized spacial score (nSPS) is 22.1. The van der Waals surface area contributed by atoms with Gasteiger partial charge in [-0.1, -0.05) is 18.2 Å². The number of carboxylic acids is 1. The maximum Gasteiger partial charge on any atom is 0.416 e. The van der Waals surface area contributed by atoms with Crippen molar-refractivity contribution in [3.8, 4) is 0 Å². The fraction of sp³-hybridized carbons (Fsp3) is 0.280. The number of thioether (sulfide) groups is 1. The molecular weight excluding hydrogens is 497 g/mol. The number of nitrogens with zero attached hydrogens (tertiary/aromatic N) is 1. The van der Waals surface area contributed by atoms with Crippen LogP contribution in [-0.4, -0.2) is 34.0 Å². The van der Waals surface area contributed by atoms with E-state index in [0.717, 1.165) is 34.9 Å². The van der Waals surface area contributed by atoms with E-state index in [1.165, 1.54) is 6.07 Å². The zero-order valence-electron chi connectivity index (χ0n) is 18.7. The molecule has 2 aromatic rings. The highest BCUT2D eigenvalue weighted by atomic mass is 32.2. The van der Waals surface area contributed by atoms with E-state index in [4.69, 9.17) is 0 Å². The Kier molecular flexibility index (Phi) is 7.21. The Hall–Kier alpha value is -3.60. The average Bonchev–Trinajstić information content (AvgIpc) is 3.12. The van der Waals surface area contributed by atoms with Gasteiger partial charge in [0.15, 0.2) is 0 Å². The number of carbonyl (C=O) groups is 4. The van der Waals surface area contributed by atoms with E-state index in [9.17, 15) is 37.5 Å². The van der Waals surface area contributed by atoms with Crippen LogP contribution in [0, 0.1) is 11.8 Å². The van der Waals surface area contributed by atoms with Gasteiger partial charge in [-0.2, -0.15) is 13.2 Å². The van der Waals surface area contributed by atoms with Crippen LogP contribution >= 0.6 is 11.8 Å². The van der Waals surface area contributed by atoms with Gasteiger partial charge < -0.3 is 10.4 Å². The van der Waals surface area contributed by atoms with E-state index in [-0.39, 0.29) is 18.5 Å². The monoisotopic (exact) mass is 518 g/mol. The second kappa shape index (κ2) is 10.2. The first-order valence-corrected chi connectivity index (χ1v) is 11.9. The summed E-state index contributed by atoms with van der Waals surface area (Å²) < 4.78 is 39.1. The van der Waals surface area contributed by atoms with Gasteiger partial charge in [-0.05, 0) is 55.3 Å². The number of carboxylic acid groups (broad SMARTS) is 1. The number of alkyl halides is 3. The first kappa shape index (κ1) is 25.5. The number of anilines is 2. The molecule has 1 saturated heterocycles. The predicted octanol–water partition coefficient (Wildman–Crippen LogP) is 4.74. The molecule has 0 unspecified atom stereocenters. The van der Waals surface area contributed by atoms with E-state index in [1.807, 2.05) is 0 Å². The average molecular weight is 519 g/mol. The SMILES string of the molecule is O=C(Nc1ccc(S[C@@H]2CC(=O)N(c3cccc(C(F)(F)F)c3)C2=O)cc1)[C@H]1CC=CC[C@H]1C(=O)O. The number of imide groups is 1. The lowest BCUT2D eigenvalue weighted by Gasteiger charge is -2.24. The summed E-state index contributed by atoms with van der Waals surface area (Å²) in [7, 11) is 0. The summed E-state index contributed by atoms with van der Waals surface area (Å²) in [6.45, 7) is 0. The molecule has 1 fully saturated rings. The Morgan fingerprint density at radius 3 is 2.31 bits per heavy atom. The lowest BCUT2D eigenvalue weighted by molar-refractivity contribution is -0.146. The van der Waals surface area contributed by atoms with Crippen molar-refractivity contribution < 1.29 is 37.5 Å². The summed E-state index contributed by atoms with van der Waals surface area (Å²) in [6, 6.07) is 10.5. The van der Waals surface area contributed by atoms with E-state index < -0.39 is 52.5 Å². The first-order valence-electron chi connectivity index (χ1n) is 11.0. The Balaban J connectivity index is 1.41. The number of hydrogen-bond donors (Lipinski definition) is 2. The van der Waals surface area contributed by atoms with Crippen molar-refractivity contribution in [3.05, 3.63) is 66.2 Å². The molecule has 36 heavy (non-hydrogen) atoms. The molecule has 2 N–H and O–H groups in total. The van der Waals surface area contributed by atoms with Crippen molar-refractivity contribution >= 4 is 46.8 Å². The van der Waals surface area contributed by atoms with Gasteiger partial charge in [0.2, 0.25) is 17.7 Å². The summed E-state index contributed by atoms with van der Waals surface area (Å²) in [6.07, 6.45) is -0.616. The summed E-state index contributed by atoms with van der Waals surface area (Å²) >= 11 is 1.10. The molecule has 0 radical (unpaired) electrons. The van der Waals surface area contributed by atoms with Crippen molar-refractivity contribution in [1.29, 1.82) is 0 Å². The van der Waals surface area contributed by atoms with E-state index in [0.29, 0.717) is 17.0 Å². The Morgan fingerprint density at radius 2 is 1.67 bits per heavy atom. The van der Waals surface area contributed by atoms with E-state index in [1.54, 1.807) is 36.4 Å². The molecule has 2 aliphatic rings. The maximum absolute atomic E-state index is 13.0. The fourth-order valence-electron chi connectivity index (χ4n) is 4.18. The molecule has 7 nitrogen and oxygen atoms in total. The van der Waals surface area contributed by atoms with Crippen LogP contribution in [0.2, 0.25) is 0 Å². The van der Waals surface area contributed by atoms with Crippen LogP contribution in [0.4, 0.5) is 24.5 Å². The van der Waals surface area contributed by atoms with Crippen LogP contribution < -0.4 is 10.2 Å². The van der Waals surface area contributed by atoms with Crippen LogP contribution in [-0.2, 0) is 25.4 Å². The smallest absolute Gasteiger partial charge is 0.416 e. The number of rotatable bonds is 6. The van der Waals surface area contributed by atoms with Crippen LogP contribution in [0.1, 0.15) is 24.8 Å². The molecule has 2 aromatic carbocycles. The molecular formula is C25H21F3N2O5S. The van der Waals surface area contributed by atoms with Crippen LogP contribution in [0.25, 0.3) is 0 Å². The number of carbonyl (C=O) groups excluding carboxylic acids is 3. The lowest BCUT2D eigenvalue weighted by atomic mass is 9.82. The summed E-state index contributed by atoms with van der Waals surface area (Å²) in [5.74, 6) is -4.11. The maximum atomic E-state index is 13.0. The summed E-state index contributed by atoms with van der Waals surface area (Å²) in [5.41, 5.74) is -0.631. The zero-order chi connectivity index (χ0) is 26.0. The molecule has 0 aromatic heterocycles. The van der Waals surface area contributed by atoms with Gasteiger partial charge in [0.05, 0.1) is 28.3 Å². The van der Waals surface area contributed by atoms with Gasteiger partial charge in [0.1, 0.15) is 0 Å².